The molecule has 1 aliphatic rings. The molecule has 1 aliphatic carbocycles. The van der Waals surface area contributed by atoms with Crippen LogP contribution in [0.2, 0.25) is 0 Å². The zero-order chi connectivity index (χ0) is 12.4. The molecule has 1 aromatic rings. The van der Waals surface area contributed by atoms with E-state index in [1.165, 1.54) is 19.3 Å². The van der Waals surface area contributed by atoms with Gasteiger partial charge in [0.2, 0.25) is 0 Å². The molecule has 1 fully saturated rings. The van der Waals surface area contributed by atoms with Crippen molar-refractivity contribution in [3.8, 4) is 0 Å². The van der Waals surface area contributed by atoms with Crippen LogP contribution >= 0.6 is 28.1 Å². The summed E-state index contributed by atoms with van der Waals surface area (Å²) in [5, 5.41) is 3.56. The Morgan fingerprint density at radius 2 is 2.24 bits per heavy atom. The van der Waals surface area contributed by atoms with E-state index in [1.54, 1.807) is 0 Å². The zero-order valence-corrected chi connectivity index (χ0v) is 12.3. The van der Waals surface area contributed by atoms with Crippen LogP contribution in [-0.4, -0.2) is 11.0 Å². The molecule has 2 atom stereocenters. The fourth-order valence-electron chi connectivity index (χ4n) is 2.41. The molecule has 3 N–H and O–H groups in total. The maximum Gasteiger partial charge on any atom is 0.106 e. The van der Waals surface area contributed by atoms with Crippen LogP contribution in [0.25, 0.3) is 0 Å². The van der Waals surface area contributed by atoms with Crippen molar-refractivity contribution in [3.05, 3.63) is 28.2 Å². The van der Waals surface area contributed by atoms with Crippen LogP contribution in [0.4, 0.5) is 5.69 Å². The molecular formula is C13H17BrN2S. The average Bonchev–Trinajstić information content (AvgIpc) is 2.63. The molecule has 2 rings (SSSR count). The number of benzene rings is 1. The first kappa shape index (κ1) is 12.8. The normalized spacial score (nSPS) is 23.6. The Morgan fingerprint density at radius 1 is 1.47 bits per heavy atom. The lowest BCUT2D eigenvalue weighted by atomic mass is 10.1. The Hall–Kier alpha value is -0.610. The lowest BCUT2D eigenvalue weighted by molar-refractivity contribution is 0.602. The molecule has 0 saturated heterocycles. The summed E-state index contributed by atoms with van der Waals surface area (Å²) in [6.07, 6.45) is 3.75. The van der Waals surface area contributed by atoms with Crippen LogP contribution in [0.1, 0.15) is 31.7 Å². The van der Waals surface area contributed by atoms with Gasteiger partial charge in [0.05, 0.1) is 0 Å². The van der Waals surface area contributed by atoms with Crippen molar-refractivity contribution in [2.24, 2.45) is 11.7 Å². The molecule has 0 radical (unpaired) electrons. The monoisotopic (exact) mass is 312 g/mol. The van der Waals surface area contributed by atoms with Crippen LogP contribution in [0.3, 0.4) is 0 Å². The first-order valence-electron chi connectivity index (χ1n) is 5.92. The van der Waals surface area contributed by atoms with Crippen molar-refractivity contribution in [3.63, 3.8) is 0 Å². The van der Waals surface area contributed by atoms with E-state index >= 15 is 0 Å². The SMILES string of the molecule is CC1CCC(Nc2cc(Br)ccc2C(N)=S)C1. The summed E-state index contributed by atoms with van der Waals surface area (Å²) in [6, 6.07) is 6.54. The number of anilines is 1. The van der Waals surface area contributed by atoms with Gasteiger partial charge in [0.1, 0.15) is 4.99 Å². The van der Waals surface area contributed by atoms with Crippen molar-refractivity contribution >= 4 is 38.8 Å². The lowest BCUT2D eigenvalue weighted by Gasteiger charge is -2.17. The molecule has 0 amide bonds. The molecule has 1 aromatic carbocycles. The van der Waals surface area contributed by atoms with Gasteiger partial charge < -0.3 is 11.1 Å². The summed E-state index contributed by atoms with van der Waals surface area (Å²) in [5.41, 5.74) is 7.72. The van der Waals surface area contributed by atoms with Gasteiger partial charge in [0.15, 0.2) is 0 Å². The van der Waals surface area contributed by atoms with E-state index in [-0.39, 0.29) is 0 Å². The molecule has 4 heteroatoms. The summed E-state index contributed by atoms with van der Waals surface area (Å²) in [4.78, 5) is 0.450. The van der Waals surface area contributed by atoms with Gasteiger partial charge in [-0.3, -0.25) is 0 Å². The predicted octanol–water partition coefficient (Wildman–Crippen LogP) is 3.68. The molecular weight excluding hydrogens is 296 g/mol. The van der Waals surface area contributed by atoms with E-state index in [2.05, 4.69) is 34.2 Å². The standard InChI is InChI=1S/C13H17BrN2S/c1-8-2-4-10(6-8)16-12-7-9(14)3-5-11(12)13(15)17/h3,5,7-8,10,16H,2,4,6H2,1H3,(H2,15,17). The fourth-order valence-corrected chi connectivity index (χ4v) is 2.95. The van der Waals surface area contributed by atoms with Crippen molar-refractivity contribution in [2.45, 2.75) is 32.2 Å². The molecule has 0 bridgehead atoms. The summed E-state index contributed by atoms with van der Waals surface area (Å²) < 4.78 is 1.05. The predicted molar refractivity (Wildman–Crippen MR) is 80.5 cm³/mol. The van der Waals surface area contributed by atoms with Crippen LogP contribution in [0.5, 0.6) is 0 Å². The molecule has 2 nitrogen and oxygen atoms in total. The highest BCUT2D eigenvalue weighted by molar-refractivity contribution is 9.10. The van der Waals surface area contributed by atoms with Gasteiger partial charge >= 0.3 is 0 Å². The first-order valence-corrected chi connectivity index (χ1v) is 7.12. The van der Waals surface area contributed by atoms with Crippen LogP contribution < -0.4 is 11.1 Å². The van der Waals surface area contributed by atoms with Gasteiger partial charge in [0.25, 0.3) is 0 Å². The van der Waals surface area contributed by atoms with Gasteiger partial charge in [-0.1, -0.05) is 35.1 Å². The number of hydrogen-bond acceptors (Lipinski definition) is 2. The molecule has 0 aromatic heterocycles. The molecule has 0 aliphatic heterocycles. The first-order chi connectivity index (χ1) is 8.06. The third-order valence-electron chi connectivity index (χ3n) is 3.30. The maximum absolute atomic E-state index is 5.74. The second kappa shape index (κ2) is 5.36. The fraction of sp³-hybridized carbons (Fsp3) is 0.462. The minimum absolute atomic E-state index is 0.450. The van der Waals surface area contributed by atoms with E-state index in [1.807, 2.05) is 12.1 Å². The van der Waals surface area contributed by atoms with E-state index in [0.717, 1.165) is 21.6 Å². The number of nitrogens with one attached hydrogen (secondary N) is 1. The maximum atomic E-state index is 5.74. The Bertz CT molecular complexity index is 433. The minimum Gasteiger partial charge on any atom is -0.389 e. The van der Waals surface area contributed by atoms with Crippen LogP contribution in [0, 0.1) is 5.92 Å². The highest BCUT2D eigenvalue weighted by Crippen LogP contribution is 2.29. The van der Waals surface area contributed by atoms with Crippen LogP contribution in [-0.2, 0) is 0 Å². The van der Waals surface area contributed by atoms with E-state index < -0.39 is 0 Å². The highest BCUT2D eigenvalue weighted by atomic mass is 79.9. The zero-order valence-electron chi connectivity index (χ0n) is 9.87. The quantitative estimate of drug-likeness (QED) is 0.836. The minimum atomic E-state index is 0.450. The summed E-state index contributed by atoms with van der Waals surface area (Å²) in [7, 11) is 0. The average molecular weight is 313 g/mol. The van der Waals surface area contributed by atoms with E-state index in [0.29, 0.717) is 11.0 Å². The van der Waals surface area contributed by atoms with Crippen LogP contribution in [0.15, 0.2) is 22.7 Å². The number of halogens is 1. The number of nitrogens with two attached hydrogens (primary N) is 1. The lowest BCUT2D eigenvalue weighted by Crippen LogP contribution is -2.19. The Labute approximate surface area is 116 Å². The Morgan fingerprint density at radius 3 is 2.82 bits per heavy atom. The van der Waals surface area contributed by atoms with Gasteiger partial charge in [-0.15, -0.1) is 0 Å². The third-order valence-corrected chi connectivity index (χ3v) is 4.01. The second-order valence-corrected chi connectivity index (χ2v) is 6.17. The van der Waals surface area contributed by atoms with Gasteiger partial charge in [0, 0.05) is 21.8 Å². The van der Waals surface area contributed by atoms with E-state index in [9.17, 15) is 0 Å². The van der Waals surface area contributed by atoms with Gasteiger partial charge in [-0.2, -0.15) is 0 Å². The summed E-state index contributed by atoms with van der Waals surface area (Å²) in [6.45, 7) is 2.30. The molecule has 92 valence electrons. The van der Waals surface area contributed by atoms with Gasteiger partial charge in [-0.05, 0) is 43.4 Å². The van der Waals surface area contributed by atoms with Crippen molar-refractivity contribution < 1.29 is 0 Å². The second-order valence-electron chi connectivity index (χ2n) is 4.81. The molecule has 0 spiro atoms. The van der Waals surface area contributed by atoms with Crippen molar-refractivity contribution in [2.75, 3.05) is 5.32 Å². The van der Waals surface area contributed by atoms with E-state index in [4.69, 9.17) is 18.0 Å². The van der Waals surface area contributed by atoms with Gasteiger partial charge in [-0.25, -0.2) is 0 Å². The largest absolute Gasteiger partial charge is 0.389 e. The molecule has 2 unspecified atom stereocenters. The van der Waals surface area contributed by atoms with Crippen molar-refractivity contribution in [1.82, 2.24) is 0 Å². The summed E-state index contributed by atoms with van der Waals surface area (Å²) >= 11 is 8.56. The summed E-state index contributed by atoms with van der Waals surface area (Å²) in [5.74, 6) is 0.813. The Kier molecular flexibility index (Phi) is 4.05. The molecule has 1 saturated carbocycles. The number of thiocarbonyl (C=S) groups is 1. The number of rotatable bonds is 3. The molecule has 0 heterocycles. The Balaban J connectivity index is 2.19. The smallest absolute Gasteiger partial charge is 0.106 e. The van der Waals surface area contributed by atoms with Crippen molar-refractivity contribution in [1.29, 1.82) is 0 Å². The topological polar surface area (TPSA) is 38.0 Å². The number of hydrogen-bond donors (Lipinski definition) is 2. The highest BCUT2D eigenvalue weighted by Gasteiger charge is 2.21. The molecule has 17 heavy (non-hydrogen) atoms. The third kappa shape index (κ3) is 3.19.